The maximum Gasteiger partial charge on any atom is 0.410 e. The maximum absolute atomic E-state index is 15.1. The van der Waals surface area contributed by atoms with Gasteiger partial charge in [-0.2, -0.15) is 0 Å². The number of benzene rings is 2. The van der Waals surface area contributed by atoms with Crippen LogP contribution in [0.1, 0.15) is 52.0 Å². The van der Waals surface area contributed by atoms with Crippen molar-refractivity contribution in [3.63, 3.8) is 0 Å². The molecule has 0 spiro atoms. The fourth-order valence-corrected chi connectivity index (χ4v) is 7.16. The number of amides is 1. The van der Waals surface area contributed by atoms with Gasteiger partial charge in [-0.05, 0) is 95.2 Å². The number of aromatic nitrogens is 3. The van der Waals surface area contributed by atoms with Gasteiger partial charge < -0.3 is 19.7 Å². The van der Waals surface area contributed by atoms with Crippen molar-refractivity contribution in [2.75, 3.05) is 28.9 Å². The van der Waals surface area contributed by atoms with Gasteiger partial charge in [-0.15, -0.1) is 0 Å². The molecular weight excluding hydrogens is 623 g/mol. The molecule has 2 fully saturated rings. The van der Waals surface area contributed by atoms with Crippen LogP contribution in [0.5, 0.6) is 11.6 Å². The number of hydrogen-bond acceptors (Lipinski definition) is 9. The van der Waals surface area contributed by atoms with E-state index in [0.29, 0.717) is 46.8 Å². The first kappa shape index (κ1) is 32.4. The van der Waals surface area contributed by atoms with E-state index in [-0.39, 0.29) is 35.4 Å². The number of fused-ring (bicyclic) bond motifs is 1. The van der Waals surface area contributed by atoms with Crippen LogP contribution in [0, 0.1) is 18.7 Å². The Bertz CT molecular complexity index is 1910. The molecule has 2 aromatic carbocycles. The van der Waals surface area contributed by atoms with Crippen LogP contribution in [0.4, 0.5) is 20.8 Å². The highest BCUT2D eigenvalue weighted by Gasteiger charge is 2.30. The molecule has 6 rings (SSSR count). The average molecular weight is 663 g/mol. The molecule has 1 atom stereocenters. The molecule has 2 aliphatic rings. The summed E-state index contributed by atoms with van der Waals surface area (Å²) in [5.74, 6) is 0.491. The van der Waals surface area contributed by atoms with E-state index in [1.54, 1.807) is 47.6 Å². The van der Waals surface area contributed by atoms with E-state index < -0.39 is 21.4 Å². The Morgan fingerprint density at radius 3 is 2.60 bits per heavy atom. The molecule has 2 aromatic heterocycles. The van der Waals surface area contributed by atoms with E-state index in [2.05, 4.69) is 20.0 Å². The minimum Gasteiger partial charge on any atom is -0.444 e. The standard InChI is InChI=1S/C34H39FN6O5S/c1-21-9-12-24-25(13-14-27(35)29(24)40-47(43,44)20-22-10-11-22)30(21)45-31-26(8-5-16-36-31)28-15-17-37-32(39-28)38-23-7-6-18-41(19-23)33(42)46-34(2,3)4/h5,8-9,12-17,22-23,40H,6-7,10-11,18-20H2,1-4H3,(H,37,38,39). The molecule has 1 unspecified atom stereocenters. The number of nitrogens with zero attached hydrogens (tertiary/aromatic N) is 4. The minimum absolute atomic E-state index is 0.0339. The molecule has 248 valence electrons. The highest BCUT2D eigenvalue weighted by atomic mass is 32.2. The van der Waals surface area contributed by atoms with Gasteiger partial charge in [-0.1, -0.05) is 12.1 Å². The monoisotopic (exact) mass is 662 g/mol. The highest BCUT2D eigenvalue weighted by Crippen LogP contribution is 2.40. The molecule has 3 heterocycles. The molecular formula is C34H39FN6O5S. The Balaban J connectivity index is 1.25. The Labute approximate surface area is 274 Å². The first-order valence-electron chi connectivity index (χ1n) is 15.8. The summed E-state index contributed by atoms with van der Waals surface area (Å²) in [5.41, 5.74) is 1.23. The van der Waals surface area contributed by atoms with Gasteiger partial charge in [0.25, 0.3) is 0 Å². The number of anilines is 2. The van der Waals surface area contributed by atoms with E-state index in [4.69, 9.17) is 14.5 Å². The SMILES string of the molecule is Cc1ccc2c(NS(=O)(=O)CC3CC3)c(F)ccc2c1Oc1ncccc1-c1ccnc(NC2CCCN(C(=O)OC(C)(C)C)C2)n1. The van der Waals surface area contributed by atoms with Crippen LogP contribution in [0.2, 0.25) is 0 Å². The van der Waals surface area contributed by atoms with Crippen LogP contribution in [0.25, 0.3) is 22.0 Å². The summed E-state index contributed by atoms with van der Waals surface area (Å²) in [6.07, 6.45) is 6.28. The van der Waals surface area contributed by atoms with Crippen molar-refractivity contribution in [3.05, 3.63) is 66.2 Å². The summed E-state index contributed by atoms with van der Waals surface area (Å²) >= 11 is 0. The van der Waals surface area contributed by atoms with Gasteiger partial charge in [0.1, 0.15) is 17.2 Å². The van der Waals surface area contributed by atoms with Crippen molar-refractivity contribution < 1.29 is 27.1 Å². The predicted octanol–water partition coefficient (Wildman–Crippen LogP) is 6.89. The Hall–Kier alpha value is -4.52. The molecule has 0 bridgehead atoms. The molecule has 47 heavy (non-hydrogen) atoms. The average Bonchev–Trinajstić information content (AvgIpc) is 3.83. The summed E-state index contributed by atoms with van der Waals surface area (Å²) in [6, 6.07) is 11.5. The van der Waals surface area contributed by atoms with E-state index in [1.165, 1.54) is 6.07 Å². The summed E-state index contributed by atoms with van der Waals surface area (Å²) in [6.45, 7) is 8.48. The Kier molecular flexibility index (Phi) is 8.93. The smallest absolute Gasteiger partial charge is 0.410 e. The first-order valence-corrected chi connectivity index (χ1v) is 17.4. The number of piperidine rings is 1. The van der Waals surface area contributed by atoms with Crippen LogP contribution >= 0.6 is 0 Å². The maximum atomic E-state index is 15.1. The number of carbonyl (C=O) groups excluding carboxylic acids is 1. The lowest BCUT2D eigenvalue weighted by Gasteiger charge is -2.34. The third-order valence-electron chi connectivity index (χ3n) is 8.01. The molecule has 1 aliphatic carbocycles. The number of rotatable bonds is 9. The van der Waals surface area contributed by atoms with E-state index in [0.717, 1.165) is 31.2 Å². The highest BCUT2D eigenvalue weighted by molar-refractivity contribution is 7.92. The lowest BCUT2D eigenvalue weighted by Crippen LogP contribution is -2.47. The number of aryl methyl sites for hydroxylation is 1. The van der Waals surface area contributed by atoms with Gasteiger partial charge in [0.05, 0.1) is 22.7 Å². The molecule has 4 aromatic rings. The van der Waals surface area contributed by atoms with E-state index in [9.17, 15) is 13.2 Å². The van der Waals surface area contributed by atoms with Gasteiger partial charge in [0.2, 0.25) is 21.9 Å². The van der Waals surface area contributed by atoms with Crippen LogP contribution in [0.3, 0.4) is 0 Å². The van der Waals surface area contributed by atoms with Crippen molar-refractivity contribution in [1.29, 1.82) is 0 Å². The summed E-state index contributed by atoms with van der Waals surface area (Å²) < 4.78 is 55.1. The number of nitrogens with one attached hydrogen (secondary N) is 2. The van der Waals surface area contributed by atoms with Crippen molar-refractivity contribution in [2.45, 2.75) is 65.0 Å². The summed E-state index contributed by atoms with van der Waals surface area (Å²) in [5, 5.41) is 4.27. The van der Waals surface area contributed by atoms with Crippen molar-refractivity contribution >= 4 is 38.5 Å². The van der Waals surface area contributed by atoms with Gasteiger partial charge in [-0.25, -0.2) is 32.6 Å². The topological polar surface area (TPSA) is 136 Å². The zero-order chi connectivity index (χ0) is 33.3. The van der Waals surface area contributed by atoms with Crippen molar-refractivity contribution in [1.82, 2.24) is 19.9 Å². The summed E-state index contributed by atoms with van der Waals surface area (Å²) in [4.78, 5) is 28.0. The number of likely N-dealkylation sites (tertiary alicyclic amines) is 1. The molecule has 1 aliphatic heterocycles. The Morgan fingerprint density at radius 1 is 1.04 bits per heavy atom. The quantitative estimate of drug-likeness (QED) is 0.196. The van der Waals surface area contributed by atoms with Crippen LogP contribution in [0.15, 0.2) is 54.9 Å². The predicted molar refractivity (Wildman–Crippen MR) is 179 cm³/mol. The first-order chi connectivity index (χ1) is 22.3. The van der Waals surface area contributed by atoms with Crippen LogP contribution in [-0.2, 0) is 14.8 Å². The van der Waals surface area contributed by atoms with Crippen LogP contribution < -0.4 is 14.8 Å². The van der Waals surface area contributed by atoms with Crippen molar-refractivity contribution in [3.8, 4) is 22.9 Å². The minimum atomic E-state index is -3.73. The lowest BCUT2D eigenvalue weighted by atomic mass is 10.0. The van der Waals surface area contributed by atoms with E-state index >= 15 is 4.39 Å². The molecule has 1 amide bonds. The summed E-state index contributed by atoms with van der Waals surface area (Å²) in [7, 11) is -3.73. The number of sulfonamides is 1. The molecule has 1 saturated carbocycles. The van der Waals surface area contributed by atoms with Gasteiger partial charge in [0, 0.05) is 42.3 Å². The largest absolute Gasteiger partial charge is 0.444 e. The number of halogens is 1. The fraction of sp³-hybridized carbons (Fsp3) is 0.412. The zero-order valence-electron chi connectivity index (χ0n) is 26.9. The third kappa shape index (κ3) is 7.90. The van der Waals surface area contributed by atoms with Gasteiger partial charge >= 0.3 is 6.09 Å². The lowest BCUT2D eigenvalue weighted by molar-refractivity contribution is 0.0206. The molecule has 1 saturated heterocycles. The van der Waals surface area contributed by atoms with Gasteiger partial charge in [-0.3, -0.25) is 4.72 Å². The number of ether oxygens (including phenoxy) is 2. The Morgan fingerprint density at radius 2 is 1.83 bits per heavy atom. The van der Waals surface area contributed by atoms with Gasteiger partial charge in [0.15, 0.2) is 0 Å². The zero-order valence-corrected chi connectivity index (χ0v) is 27.7. The number of hydrogen-bond donors (Lipinski definition) is 2. The molecule has 11 nitrogen and oxygen atoms in total. The normalized spacial score (nSPS) is 17.0. The number of carbonyl (C=O) groups is 1. The fourth-order valence-electron chi connectivity index (χ4n) is 5.60. The second kappa shape index (κ2) is 12.9. The van der Waals surface area contributed by atoms with E-state index in [1.807, 2.05) is 33.8 Å². The van der Waals surface area contributed by atoms with Crippen LogP contribution in [-0.4, -0.2) is 64.8 Å². The second-order valence-corrected chi connectivity index (χ2v) is 15.0. The third-order valence-corrected chi connectivity index (χ3v) is 9.44. The van der Waals surface area contributed by atoms with Crippen molar-refractivity contribution in [2.24, 2.45) is 5.92 Å². The molecule has 2 N–H and O–H groups in total. The second-order valence-electron chi connectivity index (χ2n) is 13.2. The number of pyridine rings is 1. The molecule has 13 heteroatoms. The molecule has 0 radical (unpaired) electrons.